The van der Waals surface area contributed by atoms with Crippen LogP contribution in [-0.2, 0) is 6.54 Å². The quantitative estimate of drug-likeness (QED) is 0.119. The molecule has 0 saturated heterocycles. The molecule has 3 aromatic carbocycles. The van der Waals surface area contributed by atoms with Gasteiger partial charge in [-0.1, -0.05) is 55.1 Å². The van der Waals surface area contributed by atoms with Crippen LogP contribution in [0, 0.1) is 0 Å². The molecule has 0 spiro atoms. The number of hydrogen-bond acceptors (Lipinski definition) is 8. The molecule has 0 saturated carbocycles. The number of fused-ring (bicyclic) bond motifs is 1. The summed E-state index contributed by atoms with van der Waals surface area (Å²) in [7, 11) is 7.74. The molecule has 5 aromatic rings. The van der Waals surface area contributed by atoms with Crippen molar-refractivity contribution in [3.63, 3.8) is 0 Å². The van der Waals surface area contributed by atoms with Gasteiger partial charge in [-0.25, -0.2) is 9.97 Å². The Morgan fingerprint density at radius 1 is 0.977 bits per heavy atom. The molecule has 1 atom stereocenters. The topological polar surface area (TPSA) is 90.7 Å². The first-order chi connectivity index (χ1) is 20.9. The van der Waals surface area contributed by atoms with E-state index in [1.165, 1.54) is 11.6 Å². The maximum absolute atomic E-state index is 10.4. The molecule has 1 unspecified atom stereocenters. The minimum atomic E-state index is -0.916. The molecule has 3 N–H and O–H groups in total. The van der Waals surface area contributed by atoms with Gasteiger partial charge in [0.15, 0.2) is 0 Å². The van der Waals surface area contributed by atoms with E-state index in [0.29, 0.717) is 17.3 Å². The molecule has 222 valence electrons. The molecule has 5 rings (SSSR count). The van der Waals surface area contributed by atoms with Crippen molar-refractivity contribution >= 4 is 33.8 Å². The van der Waals surface area contributed by atoms with Gasteiger partial charge >= 0.3 is 0 Å². The fourth-order valence-corrected chi connectivity index (χ4v) is 5.03. The van der Waals surface area contributed by atoms with Gasteiger partial charge in [0.1, 0.15) is 24.1 Å². The highest BCUT2D eigenvalue weighted by atomic mass is 16.5. The minimum absolute atomic E-state index is 0.618. The van der Waals surface area contributed by atoms with Gasteiger partial charge in [0.2, 0.25) is 0 Å². The third-order valence-corrected chi connectivity index (χ3v) is 7.33. The van der Waals surface area contributed by atoms with Crippen LogP contribution in [0.1, 0.15) is 5.56 Å². The minimum Gasteiger partial charge on any atom is -0.494 e. The van der Waals surface area contributed by atoms with Gasteiger partial charge in [0.05, 0.1) is 29.9 Å². The highest BCUT2D eigenvalue weighted by Crippen LogP contribution is 2.39. The van der Waals surface area contributed by atoms with Crippen LogP contribution in [0.4, 0.5) is 22.9 Å². The zero-order chi connectivity index (χ0) is 30.3. The first kappa shape index (κ1) is 29.6. The molecule has 43 heavy (non-hydrogen) atoms. The molecular weight excluding hydrogens is 538 g/mol. The zero-order valence-corrected chi connectivity index (χ0v) is 25.2. The normalized spacial score (nSPS) is 11.9. The van der Waals surface area contributed by atoms with E-state index in [1.54, 1.807) is 13.4 Å². The summed E-state index contributed by atoms with van der Waals surface area (Å²) in [6.07, 6.45) is 4.26. The van der Waals surface area contributed by atoms with E-state index < -0.39 is 6.23 Å². The fraction of sp³-hybridized carbons (Fsp3) is 0.235. The Bertz CT molecular complexity index is 1680. The molecule has 0 fully saturated rings. The van der Waals surface area contributed by atoms with E-state index >= 15 is 0 Å². The van der Waals surface area contributed by atoms with E-state index in [0.717, 1.165) is 53.2 Å². The molecule has 0 bridgehead atoms. The molecule has 0 aliphatic carbocycles. The van der Waals surface area contributed by atoms with Crippen molar-refractivity contribution in [2.45, 2.75) is 12.8 Å². The summed E-state index contributed by atoms with van der Waals surface area (Å²) in [4.78, 5) is 13.4. The lowest BCUT2D eigenvalue weighted by molar-refractivity contribution is 0.253. The van der Waals surface area contributed by atoms with Crippen molar-refractivity contribution in [2.75, 3.05) is 56.9 Å². The maximum atomic E-state index is 10.4. The van der Waals surface area contributed by atoms with E-state index in [9.17, 15) is 5.11 Å². The molecule has 2 heterocycles. The van der Waals surface area contributed by atoms with Crippen molar-refractivity contribution in [1.29, 1.82) is 0 Å². The smallest absolute Gasteiger partial charge is 0.144 e. The number of anilines is 4. The van der Waals surface area contributed by atoms with Gasteiger partial charge in [-0.2, -0.15) is 0 Å². The van der Waals surface area contributed by atoms with Crippen molar-refractivity contribution in [3.05, 3.63) is 104 Å². The van der Waals surface area contributed by atoms with E-state index in [2.05, 4.69) is 90.2 Å². The summed E-state index contributed by atoms with van der Waals surface area (Å²) >= 11 is 0. The standard InChI is InChI=1S/C34H39N7O2/c1-6-34(42)38-28-18-29(32(43-5)20-31(28)40(4)17-16-39(2)3)37-33-19-27(35-23-36-33)26-22-41(21-24-12-8-7-9-13-24)30-15-11-10-14-25(26)30/h6-15,18-20,22-23,34,38,42H,1,16-17,21H2,2-5H3,(H,35,36,37). The number of para-hydroxylation sites is 1. The summed E-state index contributed by atoms with van der Waals surface area (Å²) in [5.74, 6) is 1.26. The Morgan fingerprint density at radius 2 is 1.74 bits per heavy atom. The first-order valence-corrected chi connectivity index (χ1v) is 14.2. The number of likely N-dealkylation sites (N-methyl/N-ethyl adjacent to an activating group) is 2. The monoisotopic (exact) mass is 577 g/mol. The molecule has 9 nitrogen and oxygen atoms in total. The van der Waals surface area contributed by atoms with Crippen LogP contribution in [0.3, 0.4) is 0 Å². The lowest BCUT2D eigenvalue weighted by atomic mass is 10.1. The number of benzene rings is 3. The van der Waals surface area contributed by atoms with E-state index in [4.69, 9.17) is 4.74 Å². The van der Waals surface area contributed by atoms with Crippen LogP contribution in [0.15, 0.2) is 98.0 Å². The summed E-state index contributed by atoms with van der Waals surface area (Å²) in [5.41, 5.74) is 6.52. The van der Waals surface area contributed by atoms with Crippen LogP contribution >= 0.6 is 0 Å². The molecular formula is C34H39N7O2. The second-order valence-corrected chi connectivity index (χ2v) is 10.7. The fourth-order valence-electron chi connectivity index (χ4n) is 5.03. The number of hydrogen-bond donors (Lipinski definition) is 3. The first-order valence-electron chi connectivity index (χ1n) is 14.2. The van der Waals surface area contributed by atoms with Gasteiger partial charge in [-0.05, 0) is 37.9 Å². The number of aromatic nitrogens is 3. The van der Waals surface area contributed by atoms with Gasteiger partial charge < -0.3 is 34.8 Å². The SMILES string of the molecule is C=CC(O)Nc1cc(Nc2cc(-c3cn(Cc4ccccc4)c4ccccc34)ncn2)c(OC)cc1N(C)CCN(C)C. The van der Waals surface area contributed by atoms with Crippen LogP contribution in [-0.4, -0.2) is 72.1 Å². The van der Waals surface area contributed by atoms with Crippen LogP contribution < -0.4 is 20.3 Å². The molecule has 9 heteroatoms. The highest BCUT2D eigenvalue weighted by Gasteiger charge is 2.17. The molecule has 0 radical (unpaired) electrons. The summed E-state index contributed by atoms with van der Waals surface area (Å²) in [5, 5.41) is 18.0. The second-order valence-electron chi connectivity index (χ2n) is 10.7. The Morgan fingerprint density at radius 3 is 2.49 bits per heavy atom. The largest absolute Gasteiger partial charge is 0.494 e. The molecule has 2 aromatic heterocycles. The Balaban J connectivity index is 1.49. The van der Waals surface area contributed by atoms with E-state index in [-0.39, 0.29) is 0 Å². The van der Waals surface area contributed by atoms with Crippen molar-refractivity contribution in [1.82, 2.24) is 19.4 Å². The van der Waals surface area contributed by atoms with E-state index in [1.807, 2.05) is 51.5 Å². The lowest BCUT2D eigenvalue weighted by Crippen LogP contribution is -2.29. The second kappa shape index (κ2) is 13.4. The number of rotatable bonds is 13. The highest BCUT2D eigenvalue weighted by molar-refractivity contribution is 5.95. The molecule has 0 amide bonds. The lowest BCUT2D eigenvalue weighted by Gasteiger charge is -2.27. The van der Waals surface area contributed by atoms with Crippen LogP contribution in [0.25, 0.3) is 22.2 Å². The Kier molecular flexibility index (Phi) is 9.24. The number of nitrogens with one attached hydrogen (secondary N) is 2. The Hall–Kier alpha value is -4.86. The third-order valence-electron chi connectivity index (χ3n) is 7.33. The maximum Gasteiger partial charge on any atom is 0.144 e. The van der Waals surface area contributed by atoms with Gasteiger partial charge in [0, 0.05) is 61.5 Å². The van der Waals surface area contributed by atoms with Gasteiger partial charge in [-0.3, -0.25) is 0 Å². The molecule has 0 aliphatic heterocycles. The summed E-state index contributed by atoms with van der Waals surface area (Å²) in [6.45, 7) is 6.12. The van der Waals surface area contributed by atoms with Crippen molar-refractivity contribution < 1.29 is 9.84 Å². The van der Waals surface area contributed by atoms with Crippen LogP contribution in [0.5, 0.6) is 5.75 Å². The average Bonchev–Trinajstić information content (AvgIpc) is 3.38. The van der Waals surface area contributed by atoms with Gasteiger partial charge in [-0.15, -0.1) is 0 Å². The van der Waals surface area contributed by atoms with Gasteiger partial charge in [0.25, 0.3) is 0 Å². The third kappa shape index (κ3) is 6.97. The number of aliphatic hydroxyl groups is 1. The molecule has 0 aliphatic rings. The number of nitrogens with zero attached hydrogens (tertiary/aromatic N) is 5. The number of ether oxygens (including phenoxy) is 1. The zero-order valence-electron chi connectivity index (χ0n) is 25.2. The summed E-state index contributed by atoms with van der Waals surface area (Å²) in [6, 6.07) is 24.6. The average molecular weight is 578 g/mol. The predicted molar refractivity (Wildman–Crippen MR) is 176 cm³/mol. The number of aliphatic hydroxyl groups excluding tert-OH is 1. The number of methoxy groups -OCH3 is 1. The predicted octanol–water partition coefficient (Wildman–Crippen LogP) is 5.81. The Labute approximate surface area is 253 Å². The van der Waals surface area contributed by atoms with Crippen LogP contribution in [0.2, 0.25) is 0 Å². The summed E-state index contributed by atoms with van der Waals surface area (Å²) < 4.78 is 8.05. The van der Waals surface area contributed by atoms with Crippen molar-refractivity contribution in [2.24, 2.45) is 0 Å². The van der Waals surface area contributed by atoms with Crippen molar-refractivity contribution in [3.8, 4) is 17.0 Å².